The average molecular weight is 256 g/mol. The SMILES string of the molecule is O=C1[C@@H]2[C@H](C(=O)N1/N=C\c1ccco1)[C@H]1C=C[C@H]2C1. The van der Waals surface area contributed by atoms with Gasteiger partial charge in [0.15, 0.2) is 0 Å². The zero-order valence-corrected chi connectivity index (χ0v) is 10.1. The molecule has 0 N–H and O–H groups in total. The maximum atomic E-state index is 12.3. The normalized spacial score (nSPS) is 35.9. The number of allylic oxidation sites excluding steroid dienone is 2. The molecule has 0 aromatic carbocycles. The van der Waals surface area contributed by atoms with E-state index < -0.39 is 0 Å². The molecule has 5 heteroatoms. The zero-order valence-electron chi connectivity index (χ0n) is 10.1. The van der Waals surface area contributed by atoms with E-state index in [1.165, 1.54) is 12.5 Å². The van der Waals surface area contributed by atoms with Gasteiger partial charge in [0.2, 0.25) is 0 Å². The molecule has 96 valence electrons. The topological polar surface area (TPSA) is 62.9 Å². The number of carbonyl (C=O) groups excluding carboxylic acids is 2. The van der Waals surface area contributed by atoms with E-state index in [4.69, 9.17) is 4.42 Å². The third-order valence-electron chi connectivity index (χ3n) is 4.29. The molecule has 2 aliphatic carbocycles. The highest BCUT2D eigenvalue weighted by molar-refractivity contribution is 6.06. The van der Waals surface area contributed by atoms with Crippen LogP contribution in [0.25, 0.3) is 0 Å². The van der Waals surface area contributed by atoms with Crippen molar-refractivity contribution in [3.05, 3.63) is 36.3 Å². The van der Waals surface area contributed by atoms with Crippen molar-refractivity contribution in [2.24, 2.45) is 28.8 Å². The average Bonchev–Trinajstić information content (AvgIpc) is 3.14. The first-order valence-corrected chi connectivity index (χ1v) is 6.39. The third-order valence-corrected chi connectivity index (χ3v) is 4.29. The van der Waals surface area contributed by atoms with Crippen LogP contribution in [-0.2, 0) is 9.59 Å². The summed E-state index contributed by atoms with van der Waals surface area (Å²) in [5, 5.41) is 5.01. The van der Waals surface area contributed by atoms with Gasteiger partial charge in [0, 0.05) is 0 Å². The largest absolute Gasteiger partial charge is 0.463 e. The van der Waals surface area contributed by atoms with Gasteiger partial charge in [0.1, 0.15) is 5.76 Å². The van der Waals surface area contributed by atoms with E-state index in [0.29, 0.717) is 5.76 Å². The number of fused-ring (bicyclic) bond motifs is 5. The Bertz CT molecular complexity index is 572. The van der Waals surface area contributed by atoms with Gasteiger partial charge in [-0.2, -0.15) is 10.1 Å². The number of hydrogen-bond donors (Lipinski definition) is 0. The van der Waals surface area contributed by atoms with Crippen LogP contribution in [0, 0.1) is 23.7 Å². The van der Waals surface area contributed by atoms with Gasteiger partial charge >= 0.3 is 0 Å². The van der Waals surface area contributed by atoms with Crippen molar-refractivity contribution in [1.82, 2.24) is 5.01 Å². The Morgan fingerprint density at radius 1 is 1.21 bits per heavy atom. The molecule has 1 aromatic heterocycles. The highest BCUT2D eigenvalue weighted by atomic mass is 16.3. The molecule has 2 heterocycles. The molecule has 3 aliphatic rings. The molecular formula is C14H12N2O3. The smallest absolute Gasteiger partial charge is 0.254 e. The summed E-state index contributed by atoms with van der Waals surface area (Å²) in [5.74, 6) is 0.223. The van der Waals surface area contributed by atoms with Gasteiger partial charge in [0.05, 0.1) is 24.3 Å². The van der Waals surface area contributed by atoms with E-state index in [-0.39, 0.29) is 35.5 Å². The number of hydrogen-bond acceptors (Lipinski definition) is 4. The first kappa shape index (κ1) is 10.7. The Hall–Kier alpha value is -2.17. The Labute approximate surface area is 109 Å². The van der Waals surface area contributed by atoms with Gasteiger partial charge in [-0.05, 0) is 30.4 Å². The maximum absolute atomic E-state index is 12.3. The lowest BCUT2D eigenvalue weighted by Gasteiger charge is -2.13. The molecule has 1 aliphatic heterocycles. The van der Waals surface area contributed by atoms with E-state index in [1.807, 2.05) is 0 Å². The fourth-order valence-electron chi connectivity index (χ4n) is 3.48. The third kappa shape index (κ3) is 1.38. The number of nitrogens with zero attached hydrogens (tertiary/aromatic N) is 2. The predicted octanol–water partition coefficient (Wildman–Crippen LogP) is 1.42. The van der Waals surface area contributed by atoms with E-state index in [0.717, 1.165) is 11.4 Å². The monoisotopic (exact) mass is 256 g/mol. The molecule has 1 saturated heterocycles. The summed E-state index contributed by atoms with van der Waals surface area (Å²) < 4.78 is 5.10. The van der Waals surface area contributed by atoms with Crippen LogP contribution in [0.15, 0.2) is 40.1 Å². The van der Waals surface area contributed by atoms with Crippen LogP contribution in [0.4, 0.5) is 0 Å². The second-order valence-corrected chi connectivity index (χ2v) is 5.25. The highest BCUT2D eigenvalue weighted by Gasteiger charge is 2.59. The summed E-state index contributed by atoms with van der Waals surface area (Å²) in [6.45, 7) is 0. The molecule has 4 atom stereocenters. The van der Waals surface area contributed by atoms with Gasteiger partial charge in [-0.1, -0.05) is 12.2 Å². The summed E-state index contributed by atoms with van der Waals surface area (Å²) in [4.78, 5) is 24.5. The standard InChI is InChI=1S/C14H12N2O3/c17-13-11-8-3-4-9(6-8)12(11)14(18)16(13)15-7-10-2-1-5-19-10/h1-5,7-9,11-12H,6H2/b15-7-/t8-,9-,11-,12+/m0/s1. The van der Waals surface area contributed by atoms with Crippen molar-refractivity contribution in [3.8, 4) is 0 Å². The van der Waals surface area contributed by atoms with Crippen LogP contribution < -0.4 is 0 Å². The summed E-state index contributed by atoms with van der Waals surface area (Å²) in [5.41, 5.74) is 0. The van der Waals surface area contributed by atoms with Crippen LogP contribution >= 0.6 is 0 Å². The Morgan fingerprint density at radius 2 is 1.89 bits per heavy atom. The lowest BCUT2D eigenvalue weighted by molar-refractivity contribution is -0.140. The molecular weight excluding hydrogens is 244 g/mol. The summed E-state index contributed by atoms with van der Waals surface area (Å²) in [6, 6.07) is 3.45. The lowest BCUT2D eigenvalue weighted by Crippen LogP contribution is -2.28. The van der Waals surface area contributed by atoms with E-state index in [2.05, 4.69) is 17.3 Å². The minimum absolute atomic E-state index is 0.172. The number of hydrazone groups is 1. The van der Waals surface area contributed by atoms with Crippen molar-refractivity contribution in [2.75, 3.05) is 0 Å². The van der Waals surface area contributed by atoms with Crippen molar-refractivity contribution in [3.63, 3.8) is 0 Å². The molecule has 4 rings (SSSR count). The quantitative estimate of drug-likeness (QED) is 0.456. The van der Waals surface area contributed by atoms with E-state index in [1.54, 1.807) is 12.1 Å². The van der Waals surface area contributed by atoms with Gasteiger partial charge < -0.3 is 4.42 Å². The van der Waals surface area contributed by atoms with Gasteiger partial charge in [-0.25, -0.2) is 0 Å². The van der Waals surface area contributed by atoms with Crippen LogP contribution in [0.5, 0.6) is 0 Å². The maximum Gasteiger partial charge on any atom is 0.254 e. The molecule has 0 radical (unpaired) electrons. The summed E-state index contributed by atoms with van der Waals surface area (Å²) in [7, 11) is 0. The number of amides is 2. The Morgan fingerprint density at radius 3 is 2.47 bits per heavy atom. The zero-order chi connectivity index (χ0) is 13.0. The molecule has 5 nitrogen and oxygen atoms in total. The van der Waals surface area contributed by atoms with Crippen molar-refractivity contribution >= 4 is 18.0 Å². The second kappa shape index (κ2) is 3.66. The number of furan rings is 1. The van der Waals surface area contributed by atoms with E-state index in [9.17, 15) is 9.59 Å². The molecule has 0 unspecified atom stereocenters. The van der Waals surface area contributed by atoms with Crippen molar-refractivity contribution in [1.29, 1.82) is 0 Å². The first-order valence-electron chi connectivity index (χ1n) is 6.39. The van der Waals surface area contributed by atoms with Crippen LogP contribution in [0.1, 0.15) is 12.2 Å². The molecule has 2 amide bonds. The molecule has 2 fully saturated rings. The minimum atomic E-state index is -0.198. The highest BCUT2D eigenvalue weighted by Crippen LogP contribution is 2.52. The molecule has 0 spiro atoms. The van der Waals surface area contributed by atoms with Gasteiger partial charge in [0.25, 0.3) is 11.8 Å². The Balaban J connectivity index is 1.62. The lowest BCUT2D eigenvalue weighted by atomic mass is 9.85. The van der Waals surface area contributed by atoms with Gasteiger partial charge in [-0.3, -0.25) is 9.59 Å². The van der Waals surface area contributed by atoms with Crippen LogP contribution in [-0.4, -0.2) is 23.0 Å². The fourth-order valence-corrected chi connectivity index (χ4v) is 3.48. The van der Waals surface area contributed by atoms with Crippen LogP contribution in [0.3, 0.4) is 0 Å². The second-order valence-electron chi connectivity index (χ2n) is 5.25. The first-order chi connectivity index (χ1) is 9.25. The molecule has 1 aromatic rings. The minimum Gasteiger partial charge on any atom is -0.463 e. The number of rotatable bonds is 2. The van der Waals surface area contributed by atoms with Crippen molar-refractivity contribution in [2.45, 2.75) is 6.42 Å². The summed E-state index contributed by atoms with van der Waals surface area (Å²) in [6.07, 6.45) is 8.00. The molecule has 19 heavy (non-hydrogen) atoms. The molecule has 2 bridgehead atoms. The predicted molar refractivity (Wildman–Crippen MR) is 65.9 cm³/mol. The number of imide groups is 1. The van der Waals surface area contributed by atoms with Crippen LogP contribution in [0.2, 0.25) is 0 Å². The number of carbonyl (C=O) groups is 2. The van der Waals surface area contributed by atoms with Gasteiger partial charge in [-0.15, -0.1) is 0 Å². The summed E-state index contributed by atoms with van der Waals surface area (Å²) >= 11 is 0. The fraction of sp³-hybridized carbons (Fsp3) is 0.357. The Kier molecular flexibility index (Phi) is 2.07. The molecule has 1 saturated carbocycles. The van der Waals surface area contributed by atoms with E-state index >= 15 is 0 Å². The van der Waals surface area contributed by atoms with Crippen molar-refractivity contribution < 1.29 is 14.0 Å².